The molecule has 1 fully saturated rings. The molecule has 0 bridgehead atoms. The topological polar surface area (TPSA) is 43.8 Å². The molecule has 1 amide bonds. The van der Waals surface area contributed by atoms with Crippen molar-refractivity contribution in [2.24, 2.45) is 0 Å². The van der Waals surface area contributed by atoms with Crippen LogP contribution in [0.1, 0.15) is 25.3 Å². The summed E-state index contributed by atoms with van der Waals surface area (Å²) in [6, 6.07) is 9.97. The first-order chi connectivity index (χ1) is 9.52. The average molecular weight is 276 g/mol. The third kappa shape index (κ3) is 3.81. The molecule has 2 rings (SSSR count). The van der Waals surface area contributed by atoms with Gasteiger partial charge in [-0.2, -0.15) is 0 Å². The summed E-state index contributed by atoms with van der Waals surface area (Å²) >= 11 is 0. The maximum absolute atomic E-state index is 12.1. The molecule has 1 heterocycles. The second kappa shape index (κ2) is 6.37. The van der Waals surface area contributed by atoms with Gasteiger partial charge in [0.25, 0.3) is 0 Å². The second-order valence-electron chi connectivity index (χ2n) is 5.85. The number of rotatable bonds is 6. The van der Waals surface area contributed by atoms with Gasteiger partial charge in [-0.15, -0.1) is 0 Å². The summed E-state index contributed by atoms with van der Waals surface area (Å²) in [6.07, 6.45) is 1.80. The predicted molar refractivity (Wildman–Crippen MR) is 79.2 cm³/mol. The highest BCUT2D eigenvalue weighted by Gasteiger charge is 2.40. The molecule has 0 aromatic heterocycles. The molecule has 0 aliphatic carbocycles. The number of aliphatic hydroxyl groups is 1. The van der Waals surface area contributed by atoms with Crippen LogP contribution in [0.2, 0.25) is 0 Å². The minimum Gasteiger partial charge on any atom is -0.387 e. The van der Waals surface area contributed by atoms with Crippen molar-refractivity contribution in [2.45, 2.75) is 31.9 Å². The normalized spacial score (nSPS) is 17.6. The molecule has 1 aliphatic heterocycles. The lowest BCUT2D eigenvalue weighted by Crippen LogP contribution is -2.63. The molecule has 4 nitrogen and oxygen atoms in total. The van der Waals surface area contributed by atoms with Crippen molar-refractivity contribution in [3.05, 3.63) is 35.9 Å². The number of β-amino-alcohol motifs (C(OH)–C–C–N with tert-alkyl or cyclic N) is 1. The molecule has 0 unspecified atom stereocenters. The smallest absolute Gasteiger partial charge is 0.236 e. The van der Waals surface area contributed by atoms with E-state index in [-0.39, 0.29) is 5.91 Å². The van der Waals surface area contributed by atoms with Crippen LogP contribution in [0.5, 0.6) is 0 Å². The van der Waals surface area contributed by atoms with Crippen LogP contribution in [0.3, 0.4) is 0 Å². The lowest BCUT2D eigenvalue weighted by atomic mass is 9.89. The summed E-state index contributed by atoms with van der Waals surface area (Å²) in [5, 5.41) is 10.1. The van der Waals surface area contributed by atoms with E-state index in [9.17, 15) is 9.90 Å². The van der Waals surface area contributed by atoms with Gasteiger partial charge in [-0.05, 0) is 12.0 Å². The number of nitrogens with zero attached hydrogens (tertiary/aromatic N) is 2. The number of amides is 1. The van der Waals surface area contributed by atoms with Gasteiger partial charge in [-0.25, -0.2) is 0 Å². The van der Waals surface area contributed by atoms with Gasteiger partial charge >= 0.3 is 0 Å². The molecular weight excluding hydrogens is 252 g/mol. The van der Waals surface area contributed by atoms with Gasteiger partial charge in [-0.3, -0.25) is 9.69 Å². The molecule has 0 radical (unpaired) electrons. The summed E-state index contributed by atoms with van der Waals surface area (Å²) in [4.78, 5) is 15.9. The Kier molecular flexibility index (Phi) is 4.78. The van der Waals surface area contributed by atoms with Crippen LogP contribution in [0.25, 0.3) is 0 Å². The molecule has 4 heteroatoms. The fourth-order valence-corrected chi connectivity index (χ4v) is 2.78. The minimum atomic E-state index is -0.562. The number of likely N-dealkylation sites (N-methyl/N-ethyl adjacent to an activating group) is 1. The Morgan fingerprint density at radius 3 is 2.60 bits per heavy atom. The second-order valence-corrected chi connectivity index (χ2v) is 5.85. The number of likely N-dealkylation sites (tertiary alicyclic amines) is 1. The van der Waals surface area contributed by atoms with E-state index in [1.807, 2.05) is 42.3 Å². The van der Waals surface area contributed by atoms with Crippen LogP contribution in [0.4, 0.5) is 0 Å². The Morgan fingerprint density at radius 2 is 2.00 bits per heavy atom. The lowest BCUT2D eigenvalue weighted by molar-refractivity contribution is -0.141. The maximum Gasteiger partial charge on any atom is 0.236 e. The van der Waals surface area contributed by atoms with E-state index in [0.717, 1.165) is 18.4 Å². The Hall–Kier alpha value is -1.39. The first-order valence-corrected chi connectivity index (χ1v) is 7.25. The van der Waals surface area contributed by atoms with E-state index in [2.05, 4.69) is 6.92 Å². The number of carbonyl (C=O) groups is 1. The van der Waals surface area contributed by atoms with Crippen molar-refractivity contribution in [3.8, 4) is 0 Å². The Balaban J connectivity index is 1.76. The molecule has 1 N–H and O–H groups in total. The zero-order valence-electron chi connectivity index (χ0n) is 12.4. The van der Waals surface area contributed by atoms with Crippen molar-refractivity contribution >= 4 is 5.91 Å². The van der Waals surface area contributed by atoms with Crippen LogP contribution in [0, 0.1) is 0 Å². The van der Waals surface area contributed by atoms with E-state index in [0.29, 0.717) is 26.2 Å². The van der Waals surface area contributed by atoms with Crippen LogP contribution >= 0.6 is 0 Å². The van der Waals surface area contributed by atoms with Crippen molar-refractivity contribution in [1.29, 1.82) is 0 Å². The van der Waals surface area contributed by atoms with Gasteiger partial charge in [0, 0.05) is 26.7 Å². The van der Waals surface area contributed by atoms with E-state index in [1.54, 1.807) is 4.90 Å². The lowest BCUT2D eigenvalue weighted by Gasteiger charge is -2.46. The standard InChI is InChI=1S/C16H24N2O2/c1-3-9-16(20)12-18(13-16)11-15(19)17(2)10-14-7-5-4-6-8-14/h4-8,20H,3,9-13H2,1-2H3. The van der Waals surface area contributed by atoms with Gasteiger partial charge in [0.05, 0.1) is 12.1 Å². The summed E-state index contributed by atoms with van der Waals surface area (Å²) in [6.45, 7) is 4.33. The Morgan fingerprint density at radius 1 is 1.35 bits per heavy atom. The summed E-state index contributed by atoms with van der Waals surface area (Å²) < 4.78 is 0. The molecule has 0 saturated carbocycles. The fourth-order valence-electron chi connectivity index (χ4n) is 2.78. The van der Waals surface area contributed by atoms with E-state index < -0.39 is 5.60 Å². The Bertz CT molecular complexity index is 441. The van der Waals surface area contributed by atoms with Crippen LogP contribution in [0.15, 0.2) is 30.3 Å². The third-order valence-corrected chi connectivity index (χ3v) is 3.80. The van der Waals surface area contributed by atoms with Gasteiger partial charge in [-0.1, -0.05) is 43.7 Å². The molecule has 0 atom stereocenters. The van der Waals surface area contributed by atoms with Crippen molar-refractivity contribution in [3.63, 3.8) is 0 Å². The van der Waals surface area contributed by atoms with Gasteiger partial charge in [0.2, 0.25) is 5.91 Å². The van der Waals surface area contributed by atoms with E-state index in [1.165, 1.54) is 0 Å². The van der Waals surface area contributed by atoms with Crippen LogP contribution in [-0.4, -0.2) is 53.1 Å². The molecule has 20 heavy (non-hydrogen) atoms. The largest absolute Gasteiger partial charge is 0.387 e. The van der Waals surface area contributed by atoms with Crippen molar-refractivity contribution in [2.75, 3.05) is 26.7 Å². The average Bonchev–Trinajstić information content (AvgIpc) is 2.38. The monoisotopic (exact) mass is 276 g/mol. The molecule has 1 aliphatic rings. The number of hydrogen-bond acceptors (Lipinski definition) is 3. The predicted octanol–water partition coefficient (Wildman–Crippen LogP) is 1.49. The maximum atomic E-state index is 12.1. The summed E-state index contributed by atoms with van der Waals surface area (Å²) in [5.41, 5.74) is 0.571. The van der Waals surface area contributed by atoms with Crippen LogP contribution < -0.4 is 0 Å². The fraction of sp³-hybridized carbons (Fsp3) is 0.562. The SMILES string of the molecule is CCCC1(O)CN(CC(=O)N(C)Cc2ccccc2)C1. The third-order valence-electron chi connectivity index (χ3n) is 3.80. The highest BCUT2D eigenvalue weighted by atomic mass is 16.3. The molecule has 0 spiro atoms. The number of hydrogen-bond donors (Lipinski definition) is 1. The first-order valence-electron chi connectivity index (χ1n) is 7.25. The highest BCUT2D eigenvalue weighted by molar-refractivity contribution is 5.78. The number of benzene rings is 1. The molecule has 110 valence electrons. The molecule has 1 saturated heterocycles. The first kappa shape index (κ1) is 15.0. The summed E-state index contributed by atoms with van der Waals surface area (Å²) in [7, 11) is 1.83. The Labute approximate surface area is 121 Å². The summed E-state index contributed by atoms with van der Waals surface area (Å²) in [5.74, 6) is 0.104. The van der Waals surface area contributed by atoms with Gasteiger partial charge < -0.3 is 10.0 Å². The zero-order chi connectivity index (χ0) is 14.6. The van der Waals surface area contributed by atoms with Gasteiger partial charge in [0.15, 0.2) is 0 Å². The molecule has 1 aromatic carbocycles. The molecular formula is C16H24N2O2. The quantitative estimate of drug-likeness (QED) is 0.856. The number of carbonyl (C=O) groups excluding carboxylic acids is 1. The zero-order valence-corrected chi connectivity index (χ0v) is 12.4. The van der Waals surface area contributed by atoms with Crippen molar-refractivity contribution in [1.82, 2.24) is 9.80 Å². The van der Waals surface area contributed by atoms with Gasteiger partial charge in [0.1, 0.15) is 0 Å². The van der Waals surface area contributed by atoms with Crippen molar-refractivity contribution < 1.29 is 9.90 Å². The van der Waals surface area contributed by atoms with E-state index in [4.69, 9.17) is 0 Å². The minimum absolute atomic E-state index is 0.104. The molecule has 1 aromatic rings. The highest BCUT2D eigenvalue weighted by Crippen LogP contribution is 2.25. The van der Waals surface area contributed by atoms with Crippen LogP contribution in [-0.2, 0) is 11.3 Å². The van der Waals surface area contributed by atoms with E-state index >= 15 is 0 Å².